The third kappa shape index (κ3) is 4.83. The largest absolute Gasteiger partial charge is 0.373 e. The smallest absolute Gasteiger partial charge is 0.314 e. The molecule has 1 aliphatic heterocycles. The first-order valence-electron chi connectivity index (χ1n) is 8.88. The molecular weight excluding hydrogens is 372 g/mol. The molecule has 0 radical (unpaired) electrons. The highest BCUT2D eigenvalue weighted by molar-refractivity contribution is 7.89. The van der Waals surface area contributed by atoms with Gasteiger partial charge in [0, 0.05) is 19.6 Å². The van der Waals surface area contributed by atoms with Crippen molar-refractivity contribution in [3.05, 3.63) is 38.9 Å². The summed E-state index contributed by atoms with van der Waals surface area (Å²) in [7, 11) is -3.71. The van der Waals surface area contributed by atoms with E-state index < -0.39 is 21.1 Å². The minimum atomic E-state index is -3.71. The molecule has 2 atom stereocenters. The van der Waals surface area contributed by atoms with Gasteiger partial charge in [0.05, 0.1) is 28.1 Å². The van der Waals surface area contributed by atoms with Gasteiger partial charge in [-0.15, -0.1) is 0 Å². The van der Waals surface area contributed by atoms with E-state index in [-0.39, 0.29) is 22.6 Å². The second kappa shape index (κ2) is 7.93. The highest BCUT2D eigenvalue weighted by atomic mass is 32.2. The maximum Gasteiger partial charge on any atom is 0.314 e. The van der Waals surface area contributed by atoms with Crippen LogP contribution in [0.1, 0.15) is 20.3 Å². The van der Waals surface area contributed by atoms with Gasteiger partial charge in [0.1, 0.15) is 0 Å². The van der Waals surface area contributed by atoms with Crippen LogP contribution in [0.2, 0.25) is 0 Å². The zero-order valence-electron chi connectivity index (χ0n) is 15.3. The molecule has 1 aromatic heterocycles. The molecule has 1 saturated heterocycles. The average molecular weight is 396 g/mol. The fraction of sp³-hybridized carbons (Fsp3) is 0.529. The van der Waals surface area contributed by atoms with Gasteiger partial charge in [-0.05, 0) is 45.0 Å². The first kappa shape index (κ1) is 19.7. The van der Waals surface area contributed by atoms with Crippen LogP contribution in [-0.2, 0) is 14.8 Å². The number of rotatable bonds is 6. The first-order chi connectivity index (χ1) is 12.7. The summed E-state index contributed by atoms with van der Waals surface area (Å²) >= 11 is 0. The molecule has 1 aromatic carbocycles. The molecule has 0 amide bonds. The molecule has 2 unspecified atom stereocenters. The summed E-state index contributed by atoms with van der Waals surface area (Å²) < 4.78 is 33.2. The van der Waals surface area contributed by atoms with E-state index in [1.165, 1.54) is 18.2 Å². The van der Waals surface area contributed by atoms with Crippen LogP contribution in [0.15, 0.2) is 32.7 Å². The van der Waals surface area contributed by atoms with Gasteiger partial charge in [-0.3, -0.25) is 14.5 Å². The summed E-state index contributed by atoms with van der Waals surface area (Å²) in [6, 6.07) is 4.18. The lowest BCUT2D eigenvalue weighted by Gasteiger charge is -2.35. The van der Waals surface area contributed by atoms with Crippen molar-refractivity contribution in [2.75, 3.05) is 26.2 Å². The molecule has 10 heteroatoms. The van der Waals surface area contributed by atoms with Gasteiger partial charge in [0.2, 0.25) is 10.0 Å². The SMILES string of the molecule is CC1CN(CCCNS(=O)(=O)c2ccc3[nH]c(=O)c(=O)[nH]c3c2)CC(C)O1. The van der Waals surface area contributed by atoms with E-state index in [4.69, 9.17) is 4.74 Å². The van der Waals surface area contributed by atoms with E-state index in [0.717, 1.165) is 19.6 Å². The van der Waals surface area contributed by atoms with Crippen molar-refractivity contribution in [1.82, 2.24) is 19.6 Å². The Balaban J connectivity index is 1.61. The highest BCUT2D eigenvalue weighted by Crippen LogP contribution is 2.14. The number of H-pyrrole nitrogens is 2. The van der Waals surface area contributed by atoms with E-state index in [1.807, 2.05) is 13.8 Å². The Bertz CT molecular complexity index is 1020. The molecule has 3 N–H and O–H groups in total. The lowest BCUT2D eigenvalue weighted by atomic mass is 10.2. The van der Waals surface area contributed by atoms with Crippen molar-refractivity contribution >= 4 is 21.1 Å². The van der Waals surface area contributed by atoms with Crippen LogP contribution in [0.5, 0.6) is 0 Å². The van der Waals surface area contributed by atoms with Gasteiger partial charge in [0.25, 0.3) is 0 Å². The molecule has 0 spiro atoms. The minimum absolute atomic E-state index is 0.0336. The highest BCUT2D eigenvalue weighted by Gasteiger charge is 2.22. The van der Waals surface area contributed by atoms with Crippen molar-refractivity contribution in [2.24, 2.45) is 0 Å². The van der Waals surface area contributed by atoms with Gasteiger partial charge < -0.3 is 14.7 Å². The minimum Gasteiger partial charge on any atom is -0.373 e. The predicted octanol–water partition coefficient (Wildman–Crippen LogP) is -0.00600. The number of hydrogen-bond acceptors (Lipinski definition) is 6. The van der Waals surface area contributed by atoms with Crippen LogP contribution < -0.4 is 15.8 Å². The summed E-state index contributed by atoms with van der Waals surface area (Å²) in [6.07, 6.45) is 1.03. The van der Waals surface area contributed by atoms with Crippen molar-refractivity contribution < 1.29 is 13.2 Å². The third-order valence-corrected chi connectivity index (χ3v) is 5.90. The van der Waals surface area contributed by atoms with Crippen molar-refractivity contribution in [2.45, 2.75) is 37.4 Å². The fourth-order valence-electron chi connectivity index (χ4n) is 3.32. The van der Waals surface area contributed by atoms with E-state index in [0.29, 0.717) is 18.5 Å². The number of fused-ring (bicyclic) bond motifs is 1. The zero-order valence-corrected chi connectivity index (χ0v) is 16.1. The Morgan fingerprint density at radius 3 is 2.41 bits per heavy atom. The Morgan fingerprint density at radius 2 is 1.74 bits per heavy atom. The number of aromatic nitrogens is 2. The average Bonchev–Trinajstić information content (AvgIpc) is 2.58. The lowest BCUT2D eigenvalue weighted by molar-refractivity contribution is -0.0679. The van der Waals surface area contributed by atoms with Crippen LogP contribution in [0.25, 0.3) is 11.0 Å². The van der Waals surface area contributed by atoms with Gasteiger partial charge >= 0.3 is 11.1 Å². The number of aromatic amines is 2. The Hall–Kier alpha value is -2.01. The zero-order chi connectivity index (χ0) is 19.6. The Morgan fingerprint density at radius 1 is 1.11 bits per heavy atom. The summed E-state index contributed by atoms with van der Waals surface area (Å²) in [5.41, 5.74) is -0.963. The first-order valence-corrected chi connectivity index (χ1v) is 10.4. The second-order valence-corrected chi connectivity index (χ2v) is 8.65. The number of nitrogens with zero attached hydrogens (tertiary/aromatic N) is 1. The van der Waals surface area contributed by atoms with Crippen molar-refractivity contribution in [1.29, 1.82) is 0 Å². The summed E-state index contributed by atoms with van der Waals surface area (Å²) in [4.78, 5) is 29.8. The third-order valence-electron chi connectivity index (χ3n) is 4.44. The Labute approximate surface area is 156 Å². The predicted molar refractivity (Wildman–Crippen MR) is 101 cm³/mol. The molecule has 2 aromatic rings. The maximum absolute atomic E-state index is 12.5. The van der Waals surface area contributed by atoms with Crippen molar-refractivity contribution in [3.63, 3.8) is 0 Å². The van der Waals surface area contributed by atoms with Gasteiger partial charge in [-0.1, -0.05) is 0 Å². The van der Waals surface area contributed by atoms with E-state index in [2.05, 4.69) is 19.6 Å². The molecule has 1 fully saturated rings. The van der Waals surface area contributed by atoms with Gasteiger partial charge in [0.15, 0.2) is 0 Å². The normalized spacial score (nSPS) is 21.6. The molecule has 148 valence electrons. The molecule has 0 saturated carbocycles. The molecular formula is C17H24N4O5S. The lowest BCUT2D eigenvalue weighted by Crippen LogP contribution is -2.46. The quantitative estimate of drug-likeness (QED) is 0.466. The van der Waals surface area contributed by atoms with Gasteiger partial charge in [-0.2, -0.15) is 0 Å². The fourth-order valence-corrected chi connectivity index (χ4v) is 4.42. The van der Waals surface area contributed by atoms with Crippen LogP contribution in [0.3, 0.4) is 0 Å². The van der Waals surface area contributed by atoms with E-state index >= 15 is 0 Å². The molecule has 27 heavy (non-hydrogen) atoms. The number of ether oxygens (including phenoxy) is 1. The summed E-state index contributed by atoms with van der Waals surface area (Å²) in [5, 5.41) is 0. The van der Waals surface area contributed by atoms with Gasteiger partial charge in [-0.25, -0.2) is 13.1 Å². The maximum atomic E-state index is 12.5. The summed E-state index contributed by atoms with van der Waals surface area (Å²) in [6.45, 7) is 6.83. The molecule has 9 nitrogen and oxygen atoms in total. The molecule has 0 aliphatic carbocycles. The molecule has 1 aliphatic rings. The van der Waals surface area contributed by atoms with Crippen LogP contribution in [-0.4, -0.2) is 61.7 Å². The van der Waals surface area contributed by atoms with Crippen LogP contribution in [0.4, 0.5) is 0 Å². The number of benzene rings is 1. The second-order valence-electron chi connectivity index (χ2n) is 6.88. The molecule has 3 rings (SSSR count). The number of nitrogens with one attached hydrogen (secondary N) is 3. The standard InChI is InChI=1S/C17H24N4O5S/c1-11-9-21(10-12(2)26-11)7-3-6-18-27(24,25)13-4-5-14-15(8-13)20-17(23)16(22)19-14/h4-5,8,11-12,18H,3,6-7,9-10H2,1-2H3,(H,19,22)(H,20,23). The molecule has 0 bridgehead atoms. The van der Waals surface area contributed by atoms with Crippen LogP contribution in [0, 0.1) is 0 Å². The summed E-state index contributed by atoms with van der Waals surface area (Å²) in [5.74, 6) is 0. The monoisotopic (exact) mass is 396 g/mol. The number of hydrogen-bond donors (Lipinski definition) is 3. The van der Waals surface area contributed by atoms with Crippen molar-refractivity contribution in [3.8, 4) is 0 Å². The topological polar surface area (TPSA) is 124 Å². The van der Waals surface area contributed by atoms with Crippen LogP contribution >= 0.6 is 0 Å². The van der Waals surface area contributed by atoms with E-state index in [9.17, 15) is 18.0 Å². The molecule has 2 heterocycles. The number of sulfonamides is 1. The Kier molecular flexibility index (Phi) is 5.80. The number of morpholine rings is 1. The van der Waals surface area contributed by atoms with E-state index in [1.54, 1.807) is 0 Å².